The van der Waals surface area contributed by atoms with Crippen LogP contribution in [0.1, 0.15) is 12.8 Å². The first-order valence-corrected chi connectivity index (χ1v) is 10.4. The zero-order chi connectivity index (χ0) is 20.5. The number of rotatable bonds is 5. The fraction of sp³-hybridized carbons (Fsp3) is 0.353. The molecule has 150 valence electrons. The van der Waals surface area contributed by atoms with Gasteiger partial charge in [-0.3, -0.25) is 18.7 Å². The third kappa shape index (κ3) is 4.03. The van der Waals surface area contributed by atoms with E-state index in [9.17, 15) is 22.8 Å². The number of carbonyl (C=O) groups excluding carboxylic acids is 1. The smallest absolute Gasteiger partial charge is 0.324 e. The number of hydrogen-bond donors (Lipinski definition) is 1. The highest BCUT2D eigenvalue weighted by atomic mass is 35.5. The Labute approximate surface area is 166 Å². The van der Waals surface area contributed by atoms with Gasteiger partial charge in [-0.05, 0) is 31.0 Å². The Bertz CT molecular complexity index is 1130. The zero-order valence-corrected chi connectivity index (χ0v) is 16.7. The number of anilines is 1. The molecule has 9 nitrogen and oxygen atoms in total. The van der Waals surface area contributed by atoms with Gasteiger partial charge in [0.15, 0.2) is 0 Å². The van der Waals surface area contributed by atoms with Crippen molar-refractivity contribution in [1.82, 2.24) is 13.4 Å². The Morgan fingerprint density at radius 2 is 1.86 bits per heavy atom. The minimum atomic E-state index is -3.75. The van der Waals surface area contributed by atoms with Gasteiger partial charge in [-0.25, -0.2) is 13.2 Å². The van der Waals surface area contributed by atoms with Gasteiger partial charge in [0.25, 0.3) is 5.56 Å². The van der Waals surface area contributed by atoms with Crippen LogP contribution >= 0.6 is 11.6 Å². The molecule has 0 radical (unpaired) electrons. The van der Waals surface area contributed by atoms with E-state index in [1.54, 1.807) is 0 Å². The van der Waals surface area contributed by atoms with Crippen LogP contribution < -0.4 is 16.6 Å². The van der Waals surface area contributed by atoms with E-state index in [0.29, 0.717) is 13.1 Å². The molecule has 28 heavy (non-hydrogen) atoms. The van der Waals surface area contributed by atoms with Crippen LogP contribution in [0.5, 0.6) is 0 Å². The van der Waals surface area contributed by atoms with E-state index in [1.807, 2.05) is 0 Å². The van der Waals surface area contributed by atoms with Crippen molar-refractivity contribution in [1.29, 1.82) is 0 Å². The van der Waals surface area contributed by atoms with Gasteiger partial charge in [0.1, 0.15) is 11.4 Å². The summed E-state index contributed by atoms with van der Waals surface area (Å²) in [5, 5.41) is 2.62. The molecule has 0 spiro atoms. The van der Waals surface area contributed by atoms with Gasteiger partial charge in [0.05, 0.1) is 5.02 Å². The Morgan fingerprint density at radius 3 is 2.54 bits per heavy atom. The van der Waals surface area contributed by atoms with Crippen LogP contribution in [0.3, 0.4) is 0 Å². The number of amides is 1. The quantitative estimate of drug-likeness (QED) is 0.753. The molecule has 0 saturated carbocycles. The fourth-order valence-corrected chi connectivity index (χ4v) is 4.96. The predicted molar refractivity (Wildman–Crippen MR) is 104 cm³/mol. The monoisotopic (exact) mass is 426 g/mol. The summed E-state index contributed by atoms with van der Waals surface area (Å²) >= 11 is 6.08. The highest BCUT2D eigenvalue weighted by Gasteiger charge is 2.29. The van der Waals surface area contributed by atoms with Crippen molar-refractivity contribution in [3.63, 3.8) is 0 Å². The number of halogens is 1. The molecule has 0 aliphatic carbocycles. The average molecular weight is 427 g/mol. The Morgan fingerprint density at radius 1 is 1.18 bits per heavy atom. The van der Waals surface area contributed by atoms with Crippen LogP contribution in [-0.2, 0) is 28.4 Å². The van der Waals surface area contributed by atoms with E-state index in [1.165, 1.54) is 41.8 Å². The number of sulfonamides is 1. The summed E-state index contributed by atoms with van der Waals surface area (Å²) in [6, 6.07) is 5.36. The number of carbonyl (C=O) groups is 1. The summed E-state index contributed by atoms with van der Waals surface area (Å²) in [7, 11) is -2.43. The minimum Gasteiger partial charge on any atom is -0.324 e. The highest BCUT2D eigenvalue weighted by Crippen LogP contribution is 2.29. The third-order valence-corrected chi connectivity index (χ3v) is 6.85. The SMILES string of the molecule is Cn1c(=O)ccn(CC(=O)Nc2ccc(Cl)c(S(=O)(=O)N3CCCC3)c2)c1=O. The second-order valence-corrected chi connectivity index (χ2v) is 8.74. The summed E-state index contributed by atoms with van der Waals surface area (Å²) in [5.41, 5.74) is -0.864. The maximum Gasteiger partial charge on any atom is 0.331 e. The van der Waals surface area contributed by atoms with Crippen LogP contribution in [0.2, 0.25) is 5.02 Å². The Hall–Kier alpha value is -2.43. The number of aromatic nitrogens is 2. The first-order valence-electron chi connectivity index (χ1n) is 8.56. The lowest BCUT2D eigenvalue weighted by atomic mass is 10.3. The van der Waals surface area contributed by atoms with Crippen molar-refractivity contribution < 1.29 is 13.2 Å². The number of hydrogen-bond acceptors (Lipinski definition) is 5. The molecule has 1 N–H and O–H groups in total. The van der Waals surface area contributed by atoms with Crippen LogP contribution in [0.15, 0.2) is 44.9 Å². The third-order valence-electron chi connectivity index (χ3n) is 4.47. The molecule has 2 heterocycles. The molecule has 1 fully saturated rings. The summed E-state index contributed by atoms with van der Waals surface area (Å²) in [5.74, 6) is -0.549. The van der Waals surface area contributed by atoms with Crippen LogP contribution in [0, 0.1) is 0 Å². The van der Waals surface area contributed by atoms with Gasteiger partial charge in [0, 0.05) is 38.1 Å². The van der Waals surface area contributed by atoms with Crippen molar-refractivity contribution >= 4 is 33.2 Å². The highest BCUT2D eigenvalue weighted by molar-refractivity contribution is 7.89. The zero-order valence-electron chi connectivity index (χ0n) is 15.1. The molecule has 1 aliphatic heterocycles. The maximum atomic E-state index is 12.7. The molecule has 1 amide bonds. The fourth-order valence-electron chi connectivity index (χ4n) is 2.94. The van der Waals surface area contributed by atoms with Gasteiger partial charge in [0.2, 0.25) is 15.9 Å². The van der Waals surface area contributed by atoms with Gasteiger partial charge in [-0.2, -0.15) is 4.31 Å². The molecule has 2 aromatic rings. The molecule has 1 aliphatic rings. The van der Waals surface area contributed by atoms with Crippen molar-refractivity contribution in [2.24, 2.45) is 7.05 Å². The number of nitrogens with zero attached hydrogens (tertiary/aromatic N) is 3. The van der Waals surface area contributed by atoms with Crippen molar-refractivity contribution in [3.8, 4) is 0 Å². The Balaban J connectivity index is 1.82. The van der Waals surface area contributed by atoms with Gasteiger partial charge < -0.3 is 5.32 Å². The molecule has 3 rings (SSSR count). The maximum absolute atomic E-state index is 12.7. The predicted octanol–water partition coefficient (Wildman–Crippen LogP) is 0.624. The number of benzene rings is 1. The molecule has 1 aromatic heterocycles. The van der Waals surface area contributed by atoms with Gasteiger partial charge in [-0.1, -0.05) is 11.6 Å². The average Bonchev–Trinajstić information content (AvgIpc) is 3.19. The molecule has 0 bridgehead atoms. The standard InChI is InChI=1S/C17H19ClN4O5S/c1-20-16(24)6-9-21(17(20)25)11-15(23)19-12-4-5-13(18)14(10-12)28(26,27)22-7-2-3-8-22/h4-6,9-10H,2-3,7-8,11H2,1H3,(H,19,23). The molecular formula is C17H19ClN4O5S. The van der Waals surface area contributed by atoms with Crippen molar-refractivity contribution in [2.45, 2.75) is 24.3 Å². The second-order valence-electron chi connectivity index (χ2n) is 6.43. The second kappa shape index (κ2) is 7.90. The summed E-state index contributed by atoms with van der Waals surface area (Å²) < 4.78 is 28.8. The molecule has 0 unspecified atom stereocenters. The van der Waals surface area contributed by atoms with E-state index in [2.05, 4.69) is 5.32 Å². The first kappa shape index (κ1) is 20.3. The van der Waals surface area contributed by atoms with Gasteiger partial charge in [-0.15, -0.1) is 0 Å². The van der Waals surface area contributed by atoms with Gasteiger partial charge >= 0.3 is 5.69 Å². The van der Waals surface area contributed by atoms with E-state index < -0.39 is 27.2 Å². The lowest BCUT2D eigenvalue weighted by Gasteiger charge is -2.17. The van der Waals surface area contributed by atoms with E-state index in [-0.39, 0.29) is 22.2 Å². The normalized spacial score (nSPS) is 14.9. The first-order chi connectivity index (χ1) is 13.2. The minimum absolute atomic E-state index is 0.0687. The molecule has 1 saturated heterocycles. The lowest BCUT2D eigenvalue weighted by Crippen LogP contribution is -2.38. The summed E-state index contributed by atoms with van der Waals surface area (Å²) in [6.45, 7) is 0.541. The van der Waals surface area contributed by atoms with Crippen molar-refractivity contribution in [3.05, 3.63) is 56.3 Å². The molecule has 1 aromatic carbocycles. The lowest BCUT2D eigenvalue weighted by molar-refractivity contribution is -0.116. The molecule has 11 heteroatoms. The van der Waals surface area contributed by atoms with Crippen molar-refractivity contribution in [2.75, 3.05) is 18.4 Å². The van der Waals surface area contributed by atoms with Crippen LogP contribution in [-0.4, -0.2) is 40.9 Å². The Kier molecular flexibility index (Phi) is 5.73. The van der Waals surface area contributed by atoms with Crippen LogP contribution in [0.25, 0.3) is 0 Å². The largest absolute Gasteiger partial charge is 0.331 e. The van der Waals surface area contributed by atoms with E-state index in [0.717, 1.165) is 22.0 Å². The molecular weight excluding hydrogens is 408 g/mol. The topological polar surface area (TPSA) is 110 Å². The molecule has 0 atom stereocenters. The number of nitrogens with one attached hydrogen (secondary N) is 1. The van der Waals surface area contributed by atoms with Crippen LogP contribution in [0.4, 0.5) is 5.69 Å². The summed E-state index contributed by atoms with van der Waals surface area (Å²) in [4.78, 5) is 35.6. The summed E-state index contributed by atoms with van der Waals surface area (Å²) in [6.07, 6.45) is 2.82. The van der Waals surface area contributed by atoms with E-state index in [4.69, 9.17) is 11.6 Å². The van der Waals surface area contributed by atoms with E-state index >= 15 is 0 Å².